The quantitative estimate of drug-likeness (QED) is 0.243. The van der Waals surface area contributed by atoms with Crippen molar-refractivity contribution in [3.63, 3.8) is 0 Å². The molecule has 3 aliphatic heterocycles. The van der Waals surface area contributed by atoms with Gasteiger partial charge in [0.05, 0.1) is 23.4 Å². The average Bonchev–Trinajstić information content (AvgIpc) is 3.46. The number of ketones is 2. The maximum absolute atomic E-state index is 13.9. The van der Waals surface area contributed by atoms with Crippen LogP contribution in [0.2, 0.25) is 0 Å². The number of Topliss-reactive ketones (excluding diaryl/α,β-unsaturated/α-hetero) is 2. The number of carbonyl (C=O) groups is 3. The first-order valence-electron chi connectivity index (χ1n) is 11.7. The van der Waals surface area contributed by atoms with Crippen LogP contribution >= 0.6 is 21.6 Å². The monoisotopic (exact) mass is 531 g/mol. The van der Waals surface area contributed by atoms with Crippen LogP contribution in [0.4, 0.5) is 4.79 Å². The summed E-state index contributed by atoms with van der Waals surface area (Å²) in [6.07, 6.45) is 2.56. The van der Waals surface area contributed by atoms with Crippen molar-refractivity contribution in [2.75, 3.05) is 26.8 Å². The van der Waals surface area contributed by atoms with Crippen LogP contribution in [0.15, 0.2) is 52.0 Å². The smallest absolute Gasteiger partial charge is 0.404 e. The molecule has 1 aromatic heterocycles. The van der Waals surface area contributed by atoms with Crippen molar-refractivity contribution in [1.29, 1.82) is 0 Å². The van der Waals surface area contributed by atoms with E-state index in [2.05, 4.69) is 29.5 Å². The van der Waals surface area contributed by atoms with E-state index in [1.54, 1.807) is 48.0 Å². The van der Waals surface area contributed by atoms with Gasteiger partial charge in [0.1, 0.15) is 6.61 Å². The number of nitrogens with zero attached hydrogens (tertiary/aromatic N) is 2. The molecule has 1 aromatic rings. The molecule has 0 bridgehead atoms. The third-order valence-electron chi connectivity index (χ3n) is 7.13. The van der Waals surface area contributed by atoms with E-state index in [0.29, 0.717) is 29.9 Å². The number of methoxy groups -OCH3 is 1. The third kappa shape index (κ3) is 4.00. The molecular formula is C24H29N5O5S2. The van der Waals surface area contributed by atoms with E-state index >= 15 is 0 Å². The van der Waals surface area contributed by atoms with Gasteiger partial charge in [0.15, 0.2) is 5.72 Å². The molecule has 2 saturated heterocycles. The molecule has 0 unspecified atom stereocenters. The zero-order valence-electron chi connectivity index (χ0n) is 20.5. The van der Waals surface area contributed by atoms with E-state index in [4.69, 9.17) is 15.2 Å². The van der Waals surface area contributed by atoms with Gasteiger partial charge < -0.3 is 30.7 Å². The number of fused-ring (bicyclic) bond motifs is 4. The molecule has 4 atom stereocenters. The Morgan fingerprint density at radius 1 is 1.33 bits per heavy atom. The highest BCUT2D eigenvalue weighted by Gasteiger charge is 2.72. The summed E-state index contributed by atoms with van der Waals surface area (Å²) in [6, 6.07) is 3.96. The van der Waals surface area contributed by atoms with Crippen molar-refractivity contribution in [1.82, 2.24) is 20.5 Å². The van der Waals surface area contributed by atoms with Crippen LogP contribution in [0.1, 0.15) is 20.8 Å². The number of hydrogen-bond acceptors (Lipinski definition) is 11. The number of pyridine rings is 1. The van der Waals surface area contributed by atoms with E-state index in [1.165, 1.54) is 0 Å². The zero-order chi connectivity index (χ0) is 25.8. The summed E-state index contributed by atoms with van der Waals surface area (Å²) in [5, 5.41) is 6.62. The maximum atomic E-state index is 13.9. The van der Waals surface area contributed by atoms with E-state index in [9.17, 15) is 14.4 Å². The van der Waals surface area contributed by atoms with E-state index in [1.807, 2.05) is 17.0 Å². The SMILES string of the molecule is CO[C@@]12[C@H](COC(N)=O)C3=C(C(=O)C(C)=C(NCC(C)(C)SSc4ccncc4)C3=O)N1C[C@@H]1N[C@@H]12. The summed E-state index contributed by atoms with van der Waals surface area (Å²) in [5.74, 6) is -1.14. The fraction of sp³-hybridized carbons (Fsp3) is 0.500. The Morgan fingerprint density at radius 3 is 2.72 bits per heavy atom. The molecule has 36 heavy (non-hydrogen) atoms. The molecule has 10 nitrogen and oxygen atoms in total. The van der Waals surface area contributed by atoms with Gasteiger partial charge in [-0.05, 0) is 32.9 Å². The van der Waals surface area contributed by atoms with Crippen LogP contribution in [-0.4, -0.2) is 76.9 Å². The Labute approximate surface area is 217 Å². The lowest BCUT2D eigenvalue weighted by atomic mass is 9.82. The minimum Gasteiger partial charge on any atom is -0.449 e. The predicted molar refractivity (Wildman–Crippen MR) is 136 cm³/mol. The highest BCUT2D eigenvalue weighted by molar-refractivity contribution is 8.77. The summed E-state index contributed by atoms with van der Waals surface area (Å²) in [6.45, 7) is 6.66. The minimum atomic E-state index is -0.984. The standard InChI is InChI=1S/C24H29N5O5S2/c1-12-17(27-11-23(2,3)36-35-13-5-7-26-8-6-13)20(31)16-14(10-34-22(25)32)24(33-4)21-15(28-21)9-29(24)18(16)19(12)30/h5-8,14-15,21,27-28H,9-11H2,1-4H3,(H2,25,32)/t14-,15+,21+,24-/m1/s1. The topological polar surface area (TPSA) is 146 Å². The van der Waals surface area contributed by atoms with Gasteiger partial charge in [0.25, 0.3) is 0 Å². The number of allylic oxidation sites excluding steroid dienone is 2. The fourth-order valence-corrected chi connectivity index (χ4v) is 7.55. The molecule has 4 aliphatic rings. The van der Waals surface area contributed by atoms with Gasteiger partial charge in [0.2, 0.25) is 11.6 Å². The second kappa shape index (κ2) is 9.09. The van der Waals surface area contributed by atoms with Crippen LogP contribution in [0.5, 0.6) is 0 Å². The maximum Gasteiger partial charge on any atom is 0.404 e. The normalized spacial score (nSPS) is 28.8. The van der Waals surface area contributed by atoms with Crippen LogP contribution in [0.3, 0.4) is 0 Å². The third-order valence-corrected chi connectivity index (χ3v) is 10.5. The Kier molecular flexibility index (Phi) is 6.34. The second-order valence-corrected chi connectivity index (χ2v) is 12.8. The summed E-state index contributed by atoms with van der Waals surface area (Å²) in [4.78, 5) is 46.0. The Balaban J connectivity index is 1.38. The number of ether oxygens (including phenoxy) is 2. The van der Waals surface area contributed by atoms with E-state index in [-0.39, 0.29) is 40.7 Å². The van der Waals surface area contributed by atoms with Crippen LogP contribution < -0.4 is 16.4 Å². The number of nitrogens with two attached hydrogens (primary N) is 1. The molecule has 4 N–H and O–H groups in total. The van der Waals surface area contributed by atoms with Crippen molar-refractivity contribution in [2.24, 2.45) is 11.7 Å². The number of piperazine rings is 1. The summed E-state index contributed by atoms with van der Waals surface area (Å²) in [5.41, 5.74) is 5.58. The highest BCUT2D eigenvalue weighted by Crippen LogP contribution is 2.55. The minimum absolute atomic E-state index is 0.0764. The van der Waals surface area contributed by atoms with Crippen LogP contribution in [0.25, 0.3) is 0 Å². The number of rotatable bonds is 9. The molecule has 0 radical (unpaired) electrons. The molecule has 192 valence electrons. The Morgan fingerprint density at radius 2 is 2.06 bits per heavy atom. The summed E-state index contributed by atoms with van der Waals surface area (Å²) in [7, 11) is 4.85. The molecule has 0 aromatic carbocycles. The largest absolute Gasteiger partial charge is 0.449 e. The lowest BCUT2D eigenvalue weighted by Crippen LogP contribution is -2.55. The van der Waals surface area contributed by atoms with Crippen molar-refractivity contribution in [3.8, 4) is 0 Å². The van der Waals surface area contributed by atoms with Gasteiger partial charge in [-0.1, -0.05) is 21.6 Å². The lowest BCUT2D eigenvalue weighted by molar-refractivity contribution is -0.137. The number of hydrogen-bond donors (Lipinski definition) is 3. The Hall–Kier alpha value is -2.54. The predicted octanol–water partition coefficient (Wildman–Crippen LogP) is 1.59. The van der Waals surface area contributed by atoms with Gasteiger partial charge in [0, 0.05) is 59.4 Å². The van der Waals surface area contributed by atoms with Crippen LogP contribution in [0, 0.1) is 5.92 Å². The van der Waals surface area contributed by atoms with Crippen LogP contribution in [-0.2, 0) is 19.1 Å². The number of primary amides is 1. The highest BCUT2D eigenvalue weighted by atomic mass is 33.1. The first kappa shape index (κ1) is 25.1. The number of nitrogens with one attached hydrogen (secondary N) is 2. The zero-order valence-corrected chi connectivity index (χ0v) is 22.1. The lowest BCUT2D eigenvalue weighted by Gasteiger charge is -2.39. The van der Waals surface area contributed by atoms with Crippen molar-refractivity contribution in [3.05, 3.63) is 47.1 Å². The Bertz CT molecular complexity index is 1190. The van der Waals surface area contributed by atoms with Crippen molar-refractivity contribution in [2.45, 2.75) is 48.2 Å². The molecule has 0 saturated carbocycles. The fourth-order valence-electron chi connectivity index (χ4n) is 5.39. The van der Waals surface area contributed by atoms with Gasteiger partial charge in [-0.3, -0.25) is 14.6 Å². The molecule has 4 heterocycles. The van der Waals surface area contributed by atoms with Gasteiger partial charge in [-0.25, -0.2) is 4.79 Å². The van der Waals surface area contributed by atoms with Gasteiger partial charge in [-0.15, -0.1) is 0 Å². The molecule has 1 amide bonds. The molecule has 2 fully saturated rings. The van der Waals surface area contributed by atoms with Crippen molar-refractivity contribution < 1.29 is 23.9 Å². The molecule has 0 spiro atoms. The summed E-state index contributed by atoms with van der Waals surface area (Å²) >= 11 is 0. The van der Waals surface area contributed by atoms with Gasteiger partial charge in [-0.2, -0.15) is 0 Å². The molecule has 5 rings (SSSR count). The first-order chi connectivity index (χ1) is 17.1. The molecule has 1 aliphatic carbocycles. The van der Waals surface area contributed by atoms with Crippen molar-refractivity contribution >= 4 is 39.2 Å². The van der Waals surface area contributed by atoms with Gasteiger partial charge >= 0.3 is 6.09 Å². The number of aromatic nitrogens is 1. The molecular weight excluding hydrogens is 502 g/mol. The average molecular weight is 532 g/mol. The second-order valence-electron chi connectivity index (χ2n) is 9.88. The molecule has 12 heteroatoms. The van der Waals surface area contributed by atoms with E-state index < -0.39 is 17.7 Å². The van der Waals surface area contributed by atoms with E-state index in [0.717, 1.165) is 4.90 Å². The number of carbonyl (C=O) groups excluding carboxylic acids is 3. The summed E-state index contributed by atoms with van der Waals surface area (Å²) < 4.78 is 10.9. The number of amides is 1. The first-order valence-corrected chi connectivity index (χ1v) is 13.8.